The van der Waals surface area contributed by atoms with Crippen molar-refractivity contribution < 1.29 is 14.7 Å². The van der Waals surface area contributed by atoms with Crippen LogP contribution in [0, 0.1) is 5.92 Å². The summed E-state index contributed by atoms with van der Waals surface area (Å²) in [6.45, 7) is 8.19. The lowest BCUT2D eigenvalue weighted by atomic mass is 10.0. The number of aliphatic carboxylic acids is 1. The van der Waals surface area contributed by atoms with Crippen molar-refractivity contribution in [1.82, 2.24) is 14.9 Å². The van der Waals surface area contributed by atoms with Crippen LogP contribution < -0.4 is 5.32 Å². The van der Waals surface area contributed by atoms with E-state index in [1.165, 1.54) is 4.88 Å². The zero-order chi connectivity index (χ0) is 21.8. The van der Waals surface area contributed by atoms with Crippen LogP contribution in [-0.2, 0) is 11.2 Å². The van der Waals surface area contributed by atoms with Gasteiger partial charge in [-0.1, -0.05) is 26.8 Å². The van der Waals surface area contributed by atoms with E-state index in [1.54, 1.807) is 23.5 Å². The van der Waals surface area contributed by atoms with Crippen LogP contribution in [0.3, 0.4) is 0 Å². The van der Waals surface area contributed by atoms with E-state index in [0.29, 0.717) is 12.0 Å². The van der Waals surface area contributed by atoms with E-state index in [1.807, 2.05) is 26.0 Å². The van der Waals surface area contributed by atoms with Crippen molar-refractivity contribution in [2.45, 2.75) is 59.0 Å². The third-order valence-electron chi connectivity index (χ3n) is 5.28. The first-order chi connectivity index (χ1) is 14.3. The maximum atomic E-state index is 12.7. The van der Waals surface area contributed by atoms with Gasteiger partial charge in [-0.3, -0.25) is 4.79 Å². The van der Waals surface area contributed by atoms with Gasteiger partial charge in [-0.05, 0) is 55.3 Å². The molecular weight excluding hydrogens is 398 g/mol. The second kappa shape index (κ2) is 9.43. The van der Waals surface area contributed by atoms with Gasteiger partial charge < -0.3 is 15.0 Å². The fourth-order valence-corrected chi connectivity index (χ4v) is 4.29. The van der Waals surface area contributed by atoms with Crippen LogP contribution in [0.25, 0.3) is 11.0 Å². The smallest absolute Gasteiger partial charge is 0.326 e. The largest absolute Gasteiger partial charge is 0.480 e. The minimum atomic E-state index is -1.02. The quantitative estimate of drug-likeness (QED) is 0.509. The molecule has 160 valence electrons. The molecule has 7 heteroatoms. The lowest BCUT2D eigenvalue weighted by Crippen LogP contribution is -2.41. The molecule has 0 aliphatic carbocycles. The Hall–Kier alpha value is -2.67. The van der Waals surface area contributed by atoms with Crippen molar-refractivity contribution >= 4 is 34.2 Å². The Bertz CT molecular complexity index is 1020. The highest BCUT2D eigenvalue weighted by Crippen LogP contribution is 2.26. The standard InChI is InChI=1S/C23H29N3O3S/c1-5-15(4)26-20-9-8-16(22(27)25-19(23(28)29)11-14(2)3)12-18(20)24-21(26)13-17-7-6-10-30-17/h6-10,12,14-15,19H,5,11,13H2,1-4H3,(H,25,27)(H,28,29)/t15-,19?/m0/s1. The Morgan fingerprint density at radius 1 is 1.23 bits per heavy atom. The normalized spacial score (nSPS) is 13.5. The highest BCUT2D eigenvalue weighted by molar-refractivity contribution is 7.09. The molecule has 3 rings (SSSR count). The second-order valence-electron chi connectivity index (χ2n) is 8.11. The summed E-state index contributed by atoms with van der Waals surface area (Å²) in [6, 6.07) is 8.95. The van der Waals surface area contributed by atoms with E-state index in [4.69, 9.17) is 4.98 Å². The second-order valence-corrected chi connectivity index (χ2v) is 9.14. The van der Waals surface area contributed by atoms with Gasteiger partial charge in [0.15, 0.2) is 0 Å². The molecule has 0 aliphatic rings. The molecule has 0 radical (unpaired) electrons. The topological polar surface area (TPSA) is 84.2 Å². The Kier molecular flexibility index (Phi) is 6.92. The SMILES string of the molecule is CC[C@H](C)n1c(Cc2cccs2)nc2cc(C(=O)NC(CC(C)C)C(=O)O)ccc21. The van der Waals surface area contributed by atoms with E-state index in [0.717, 1.165) is 29.7 Å². The van der Waals surface area contributed by atoms with Gasteiger partial charge in [0.05, 0.1) is 11.0 Å². The number of nitrogens with zero attached hydrogens (tertiary/aromatic N) is 2. The summed E-state index contributed by atoms with van der Waals surface area (Å²) in [5.74, 6) is -0.261. The van der Waals surface area contributed by atoms with Crippen LogP contribution in [0.4, 0.5) is 0 Å². The van der Waals surface area contributed by atoms with Crippen molar-refractivity contribution in [2.75, 3.05) is 0 Å². The van der Waals surface area contributed by atoms with Gasteiger partial charge in [0, 0.05) is 22.9 Å². The molecule has 0 spiro atoms. The molecule has 3 aromatic rings. The Labute approximate surface area is 180 Å². The number of fused-ring (bicyclic) bond motifs is 1. The zero-order valence-electron chi connectivity index (χ0n) is 17.9. The van der Waals surface area contributed by atoms with Crippen LogP contribution in [0.2, 0.25) is 0 Å². The number of carbonyl (C=O) groups is 2. The van der Waals surface area contributed by atoms with Gasteiger partial charge in [-0.15, -0.1) is 11.3 Å². The molecule has 2 atom stereocenters. The van der Waals surface area contributed by atoms with Gasteiger partial charge in [-0.25, -0.2) is 9.78 Å². The number of thiophene rings is 1. The molecule has 0 saturated heterocycles. The summed E-state index contributed by atoms with van der Waals surface area (Å²) in [6.07, 6.45) is 2.10. The lowest BCUT2D eigenvalue weighted by Gasteiger charge is -2.17. The van der Waals surface area contributed by atoms with Gasteiger partial charge in [0.2, 0.25) is 0 Å². The number of imidazole rings is 1. The fraction of sp³-hybridized carbons (Fsp3) is 0.435. The van der Waals surface area contributed by atoms with Crippen molar-refractivity contribution in [1.29, 1.82) is 0 Å². The minimum absolute atomic E-state index is 0.167. The van der Waals surface area contributed by atoms with Crippen LogP contribution in [-0.4, -0.2) is 32.6 Å². The number of carbonyl (C=O) groups excluding carboxylic acids is 1. The summed E-state index contributed by atoms with van der Waals surface area (Å²) >= 11 is 1.70. The molecule has 2 aromatic heterocycles. The van der Waals surface area contributed by atoms with Gasteiger partial charge >= 0.3 is 5.97 Å². The summed E-state index contributed by atoms with van der Waals surface area (Å²) in [5, 5.41) is 14.1. The summed E-state index contributed by atoms with van der Waals surface area (Å²) in [7, 11) is 0. The van der Waals surface area contributed by atoms with E-state index < -0.39 is 12.0 Å². The fourth-order valence-electron chi connectivity index (χ4n) is 3.59. The number of carboxylic acids is 1. The third kappa shape index (κ3) is 4.90. The van der Waals surface area contributed by atoms with Crippen LogP contribution in [0.15, 0.2) is 35.7 Å². The Morgan fingerprint density at radius 2 is 2.00 bits per heavy atom. The molecule has 0 saturated carbocycles. The predicted octanol–water partition coefficient (Wildman–Crippen LogP) is 4.89. The van der Waals surface area contributed by atoms with Crippen LogP contribution >= 0.6 is 11.3 Å². The third-order valence-corrected chi connectivity index (χ3v) is 6.16. The molecule has 1 aromatic carbocycles. The highest BCUT2D eigenvalue weighted by Gasteiger charge is 2.23. The number of benzene rings is 1. The molecule has 6 nitrogen and oxygen atoms in total. The van der Waals surface area contributed by atoms with Crippen LogP contribution in [0.5, 0.6) is 0 Å². The van der Waals surface area contributed by atoms with Gasteiger partial charge in [-0.2, -0.15) is 0 Å². The molecule has 0 fully saturated rings. The number of aromatic nitrogens is 2. The van der Waals surface area contributed by atoms with E-state index in [-0.39, 0.29) is 17.9 Å². The summed E-state index contributed by atoms with van der Waals surface area (Å²) < 4.78 is 2.25. The lowest BCUT2D eigenvalue weighted by molar-refractivity contribution is -0.139. The number of rotatable bonds is 9. The van der Waals surface area contributed by atoms with E-state index in [2.05, 4.69) is 35.2 Å². The number of amides is 1. The average molecular weight is 428 g/mol. The van der Waals surface area contributed by atoms with Gasteiger partial charge in [0.25, 0.3) is 5.91 Å². The highest BCUT2D eigenvalue weighted by atomic mass is 32.1. The van der Waals surface area contributed by atoms with E-state index >= 15 is 0 Å². The zero-order valence-corrected chi connectivity index (χ0v) is 18.7. The number of hydrogen-bond acceptors (Lipinski definition) is 4. The van der Waals surface area contributed by atoms with Crippen LogP contribution in [0.1, 0.15) is 67.6 Å². The monoisotopic (exact) mass is 427 g/mol. The van der Waals surface area contributed by atoms with Crippen molar-refractivity contribution in [3.8, 4) is 0 Å². The summed E-state index contributed by atoms with van der Waals surface area (Å²) in [4.78, 5) is 30.3. The molecule has 0 bridgehead atoms. The minimum Gasteiger partial charge on any atom is -0.480 e. The maximum absolute atomic E-state index is 12.7. The maximum Gasteiger partial charge on any atom is 0.326 e. The van der Waals surface area contributed by atoms with E-state index in [9.17, 15) is 14.7 Å². The predicted molar refractivity (Wildman–Crippen MR) is 120 cm³/mol. The summed E-state index contributed by atoms with van der Waals surface area (Å²) in [5.41, 5.74) is 2.17. The molecular formula is C23H29N3O3S. The number of carboxylic acid groups (broad SMARTS) is 1. The van der Waals surface area contributed by atoms with Crippen molar-refractivity contribution in [3.05, 3.63) is 52.0 Å². The number of nitrogens with one attached hydrogen (secondary N) is 1. The average Bonchev–Trinajstić information content (AvgIpc) is 3.33. The first-order valence-electron chi connectivity index (χ1n) is 10.4. The Morgan fingerprint density at radius 3 is 2.60 bits per heavy atom. The van der Waals surface area contributed by atoms with Crippen molar-refractivity contribution in [3.63, 3.8) is 0 Å². The molecule has 1 amide bonds. The molecule has 30 heavy (non-hydrogen) atoms. The first-order valence-corrected chi connectivity index (χ1v) is 11.2. The number of hydrogen-bond donors (Lipinski definition) is 2. The molecule has 2 heterocycles. The molecule has 2 N–H and O–H groups in total. The molecule has 0 aliphatic heterocycles. The first kappa shape index (κ1) is 22.0. The van der Waals surface area contributed by atoms with Crippen molar-refractivity contribution in [2.24, 2.45) is 5.92 Å². The molecule has 1 unspecified atom stereocenters. The van der Waals surface area contributed by atoms with Gasteiger partial charge in [0.1, 0.15) is 11.9 Å². The Balaban J connectivity index is 1.93.